The predicted molar refractivity (Wildman–Crippen MR) is 47.0 cm³/mol. The average Bonchev–Trinajstić information content (AvgIpc) is 2.45. The topological polar surface area (TPSA) is 4.93 Å². The van der Waals surface area contributed by atoms with E-state index in [0.29, 0.717) is 0 Å². The molecule has 0 saturated carbocycles. The standard InChI is InChI=1S/C9H8ClN/c1-11-8-4-2-3-7(8)5-6-9(11)10/h2-6H,1H3. The molecule has 0 N–H and O–H groups in total. The fourth-order valence-corrected chi connectivity index (χ4v) is 1.41. The first-order valence-corrected chi connectivity index (χ1v) is 3.87. The van der Waals surface area contributed by atoms with Gasteiger partial charge in [-0.05, 0) is 23.8 Å². The molecule has 0 atom stereocenters. The molecule has 1 heterocycles. The summed E-state index contributed by atoms with van der Waals surface area (Å²) in [7, 11) is 1.96. The second-order valence-corrected chi connectivity index (χ2v) is 2.97. The molecule has 0 saturated heterocycles. The van der Waals surface area contributed by atoms with Crippen molar-refractivity contribution in [3.8, 4) is 11.3 Å². The van der Waals surface area contributed by atoms with Crippen molar-refractivity contribution in [1.29, 1.82) is 0 Å². The van der Waals surface area contributed by atoms with E-state index in [0.717, 1.165) is 5.15 Å². The summed E-state index contributed by atoms with van der Waals surface area (Å²) >= 11 is 5.91. The van der Waals surface area contributed by atoms with Crippen LogP contribution in [0, 0.1) is 0 Å². The maximum absolute atomic E-state index is 5.91. The maximum atomic E-state index is 5.91. The summed E-state index contributed by atoms with van der Waals surface area (Å²) in [5.41, 5.74) is 2.41. The molecule has 0 spiro atoms. The van der Waals surface area contributed by atoms with Crippen molar-refractivity contribution < 1.29 is 0 Å². The van der Waals surface area contributed by atoms with Gasteiger partial charge in [0.05, 0.1) is 0 Å². The molecular formula is C9H8ClN. The quantitative estimate of drug-likeness (QED) is 0.529. The molecular weight excluding hydrogens is 158 g/mol. The molecule has 2 rings (SSSR count). The normalized spacial score (nSPS) is 10.7. The van der Waals surface area contributed by atoms with Crippen LogP contribution in [0.4, 0.5) is 0 Å². The monoisotopic (exact) mass is 165 g/mol. The third-order valence-electron chi connectivity index (χ3n) is 1.91. The molecule has 1 aliphatic heterocycles. The molecule has 1 aliphatic carbocycles. The first kappa shape index (κ1) is 6.74. The lowest BCUT2D eigenvalue weighted by molar-refractivity contribution is 0.918. The van der Waals surface area contributed by atoms with Gasteiger partial charge in [0, 0.05) is 12.7 Å². The Morgan fingerprint density at radius 1 is 1.18 bits per heavy atom. The van der Waals surface area contributed by atoms with Crippen molar-refractivity contribution in [2.24, 2.45) is 7.05 Å². The number of aromatic nitrogens is 1. The minimum absolute atomic E-state index is 0.767. The number of halogens is 1. The SMILES string of the molecule is Cn1c(Cl)ccc2cccc1-2. The number of rotatable bonds is 0. The van der Waals surface area contributed by atoms with Gasteiger partial charge in [-0.15, -0.1) is 0 Å². The van der Waals surface area contributed by atoms with Crippen LogP contribution in [0.3, 0.4) is 0 Å². The van der Waals surface area contributed by atoms with Gasteiger partial charge in [0.2, 0.25) is 0 Å². The van der Waals surface area contributed by atoms with E-state index < -0.39 is 0 Å². The lowest BCUT2D eigenvalue weighted by Gasteiger charge is -2.08. The zero-order valence-electron chi connectivity index (χ0n) is 6.21. The molecule has 0 fully saturated rings. The first-order chi connectivity index (χ1) is 5.29. The fourth-order valence-electron chi connectivity index (χ4n) is 1.26. The lowest BCUT2D eigenvalue weighted by atomic mass is 10.2. The molecule has 1 nitrogen and oxygen atoms in total. The fraction of sp³-hybridized carbons (Fsp3) is 0.111. The van der Waals surface area contributed by atoms with E-state index >= 15 is 0 Å². The van der Waals surface area contributed by atoms with E-state index in [1.807, 2.05) is 29.8 Å². The van der Waals surface area contributed by atoms with E-state index in [-0.39, 0.29) is 0 Å². The van der Waals surface area contributed by atoms with Crippen molar-refractivity contribution in [3.63, 3.8) is 0 Å². The Labute approximate surface area is 70.6 Å². The van der Waals surface area contributed by atoms with Gasteiger partial charge >= 0.3 is 0 Å². The Morgan fingerprint density at radius 3 is 2.82 bits per heavy atom. The van der Waals surface area contributed by atoms with E-state index in [1.165, 1.54) is 11.3 Å². The van der Waals surface area contributed by atoms with Crippen molar-refractivity contribution in [2.75, 3.05) is 0 Å². The molecule has 0 aromatic heterocycles. The van der Waals surface area contributed by atoms with E-state index in [2.05, 4.69) is 12.1 Å². The van der Waals surface area contributed by atoms with Gasteiger partial charge in [-0.3, -0.25) is 0 Å². The predicted octanol–water partition coefficient (Wildman–Crippen LogP) is 2.78. The molecule has 56 valence electrons. The van der Waals surface area contributed by atoms with Crippen LogP contribution in [0.2, 0.25) is 5.15 Å². The van der Waals surface area contributed by atoms with E-state index in [1.54, 1.807) is 0 Å². The van der Waals surface area contributed by atoms with Crippen LogP contribution in [0.25, 0.3) is 11.3 Å². The minimum Gasteiger partial charge on any atom is -0.335 e. The van der Waals surface area contributed by atoms with Gasteiger partial charge in [0.25, 0.3) is 0 Å². The van der Waals surface area contributed by atoms with Gasteiger partial charge in [0.1, 0.15) is 5.15 Å². The Morgan fingerprint density at radius 2 is 2.00 bits per heavy atom. The number of hydrogen-bond donors (Lipinski definition) is 0. The van der Waals surface area contributed by atoms with Gasteiger partial charge in [-0.25, -0.2) is 0 Å². The molecule has 0 amide bonds. The highest BCUT2D eigenvalue weighted by Crippen LogP contribution is 2.25. The number of fused-ring (bicyclic) bond motifs is 1. The van der Waals surface area contributed by atoms with Crippen molar-refractivity contribution in [3.05, 3.63) is 35.5 Å². The highest BCUT2D eigenvalue weighted by molar-refractivity contribution is 6.29. The highest BCUT2D eigenvalue weighted by Gasteiger charge is 2.04. The molecule has 0 bridgehead atoms. The lowest BCUT2D eigenvalue weighted by Crippen LogP contribution is -1.95. The Balaban J connectivity index is 2.81. The van der Waals surface area contributed by atoms with Gasteiger partial charge in [-0.2, -0.15) is 0 Å². The second kappa shape index (κ2) is 2.28. The Kier molecular flexibility index (Phi) is 1.40. The van der Waals surface area contributed by atoms with Crippen LogP contribution in [0.1, 0.15) is 0 Å². The molecule has 0 aromatic carbocycles. The molecule has 2 heteroatoms. The third-order valence-corrected chi connectivity index (χ3v) is 2.29. The van der Waals surface area contributed by atoms with Gasteiger partial charge in [-0.1, -0.05) is 23.7 Å². The average molecular weight is 166 g/mol. The van der Waals surface area contributed by atoms with Crippen LogP contribution in [0.15, 0.2) is 30.3 Å². The van der Waals surface area contributed by atoms with Crippen LogP contribution in [-0.4, -0.2) is 4.57 Å². The summed E-state index contributed by atoms with van der Waals surface area (Å²) in [4.78, 5) is 0. The number of pyridine rings is 1. The van der Waals surface area contributed by atoms with Crippen molar-refractivity contribution in [2.45, 2.75) is 0 Å². The molecule has 0 unspecified atom stereocenters. The summed E-state index contributed by atoms with van der Waals surface area (Å²) in [6.45, 7) is 0. The van der Waals surface area contributed by atoms with Crippen LogP contribution in [0.5, 0.6) is 0 Å². The smallest absolute Gasteiger partial charge is 0.109 e. The molecule has 0 radical (unpaired) electrons. The second-order valence-electron chi connectivity index (χ2n) is 2.58. The van der Waals surface area contributed by atoms with Gasteiger partial charge < -0.3 is 4.57 Å². The van der Waals surface area contributed by atoms with Crippen LogP contribution >= 0.6 is 11.6 Å². The van der Waals surface area contributed by atoms with E-state index in [9.17, 15) is 0 Å². The third kappa shape index (κ3) is 0.925. The van der Waals surface area contributed by atoms with Crippen molar-refractivity contribution >= 4 is 11.6 Å². The maximum Gasteiger partial charge on any atom is 0.109 e. The number of hydrogen-bond acceptors (Lipinski definition) is 0. The number of nitrogens with zero attached hydrogens (tertiary/aromatic N) is 1. The highest BCUT2D eigenvalue weighted by atomic mass is 35.5. The zero-order chi connectivity index (χ0) is 7.84. The minimum atomic E-state index is 0.767. The summed E-state index contributed by atoms with van der Waals surface area (Å²) in [6, 6.07) is 10.1. The summed E-state index contributed by atoms with van der Waals surface area (Å²) in [5.74, 6) is 0. The summed E-state index contributed by atoms with van der Waals surface area (Å²) < 4.78 is 1.97. The molecule has 2 aliphatic rings. The zero-order valence-corrected chi connectivity index (χ0v) is 6.97. The van der Waals surface area contributed by atoms with Gasteiger partial charge in [0.15, 0.2) is 0 Å². The van der Waals surface area contributed by atoms with Crippen LogP contribution in [-0.2, 0) is 7.05 Å². The molecule has 0 aromatic rings. The molecule has 11 heavy (non-hydrogen) atoms. The van der Waals surface area contributed by atoms with Crippen molar-refractivity contribution in [1.82, 2.24) is 4.57 Å². The first-order valence-electron chi connectivity index (χ1n) is 3.49. The summed E-state index contributed by atoms with van der Waals surface area (Å²) in [6.07, 6.45) is 0. The van der Waals surface area contributed by atoms with Crippen LogP contribution < -0.4 is 0 Å². The summed E-state index contributed by atoms with van der Waals surface area (Å²) in [5, 5.41) is 0.767. The van der Waals surface area contributed by atoms with E-state index in [4.69, 9.17) is 11.6 Å². The largest absolute Gasteiger partial charge is 0.335 e. The Bertz CT molecular complexity index is 351. The Hall–Kier alpha value is -0.950.